The van der Waals surface area contributed by atoms with E-state index in [1.165, 1.54) is 0 Å². The van der Waals surface area contributed by atoms with E-state index >= 15 is 0 Å². The second-order valence-electron chi connectivity index (χ2n) is 4.33. The van der Waals surface area contributed by atoms with Gasteiger partial charge in [-0.2, -0.15) is 5.10 Å². The number of hydrogen-bond acceptors (Lipinski definition) is 4. The van der Waals surface area contributed by atoms with E-state index < -0.39 is 0 Å². The van der Waals surface area contributed by atoms with Gasteiger partial charge in [0.2, 0.25) is 0 Å². The molecule has 5 heteroatoms. The molecule has 0 unspecified atom stereocenters. The molecule has 0 spiro atoms. The van der Waals surface area contributed by atoms with Crippen molar-refractivity contribution in [3.05, 3.63) is 36.0 Å². The van der Waals surface area contributed by atoms with Gasteiger partial charge >= 0.3 is 0 Å². The van der Waals surface area contributed by atoms with Gasteiger partial charge in [0.05, 0.1) is 6.20 Å². The molecule has 2 aromatic heterocycles. The summed E-state index contributed by atoms with van der Waals surface area (Å²) in [5.41, 5.74) is 1.14. The van der Waals surface area contributed by atoms with E-state index in [2.05, 4.69) is 34.2 Å². The van der Waals surface area contributed by atoms with Crippen molar-refractivity contribution in [1.82, 2.24) is 19.7 Å². The Bertz CT molecular complexity index is 489. The predicted octanol–water partition coefficient (Wildman–Crippen LogP) is 1.95. The number of nitrogens with zero attached hydrogens (tertiary/aromatic N) is 4. The van der Waals surface area contributed by atoms with Gasteiger partial charge in [0, 0.05) is 37.5 Å². The minimum Gasteiger partial charge on any atom is -0.366 e. The van der Waals surface area contributed by atoms with Crippen molar-refractivity contribution in [1.29, 1.82) is 0 Å². The van der Waals surface area contributed by atoms with Gasteiger partial charge in [-0.3, -0.25) is 4.68 Å². The van der Waals surface area contributed by atoms with Crippen molar-refractivity contribution in [2.24, 2.45) is 7.05 Å². The SMILES string of the molecule is CC(C)c1nccc(NCc2cnn(C)c2)n1. The van der Waals surface area contributed by atoms with E-state index in [1.54, 1.807) is 10.9 Å². The molecule has 0 radical (unpaired) electrons. The smallest absolute Gasteiger partial charge is 0.133 e. The number of anilines is 1. The number of hydrogen-bond donors (Lipinski definition) is 1. The normalized spacial score (nSPS) is 10.8. The molecule has 0 aliphatic rings. The fraction of sp³-hybridized carbons (Fsp3) is 0.417. The summed E-state index contributed by atoms with van der Waals surface area (Å²) in [5, 5.41) is 7.38. The fourth-order valence-corrected chi connectivity index (χ4v) is 1.51. The number of aromatic nitrogens is 4. The van der Waals surface area contributed by atoms with E-state index in [1.807, 2.05) is 25.5 Å². The van der Waals surface area contributed by atoms with E-state index in [4.69, 9.17) is 0 Å². The average molecular weight is 231 g/mol. The van der Waals surface area contributed by atoms with Crippen LogP contribution in [0, 0.1) is 0 Å². The first-order chi connectivity index (χ1) is 8.15. The molecule has 0 saturated carbocycles. The Balaban J connectivity index is 2.01. The maximum absolute atomic E-state index is 4.44. The number of aryl methyl sites for hydroxylation is 1. The maximum Gasteiger partial charge on any atom is 0.133 e. The standard InChI is InChI=1S/C12H17N5/c1-9(2)12-13-5-4-11(16-12)14-6-10-7-15-17(3)8-10/h4-5,7-9H,6H2,1-3H3,(H,13,14,16). The fourth-order valence-electron chi connectivity index (χ4n) is 1.51. The first-order valence-electron chi connectivity index (χ1n) is 5.69. The second-order valence-corrected chi connectivity index (χ2v) is 4.33. The average Bonchev–Trinajstić information content (AvgIpc) is 2.73. The Kier molecular flexibility index (Phi) is 3.37. The molecule has 17 heavy (non-hydrogen) atoms. The van der Waals surface area contributed by atoms with Crippen LogP contribution in [0.15, 0.2) is 24.7 Å². The molecule has 90 valence electrons. The summed E-state index contributed by atoms with van der Waals surface area (Å²) in [7, 11) is 1.91. The Hall–Kier alpha value is -1.91. The molecule has 0 bridgehead atoms. The van der Waals surface area contributed by atoms with Crippen LogP contribution in [0.5, 0.6) is 0 Å². The van der Waals surface area contributed by atoms with E-state index in [9.17, 15) is 0 Å². The molecule has 0 aliphatic carbocycles. The third-order valence-corrected chi connectivity index (χ3v) is 2.42. The van der Waals surface area contributed by atoms with Crippen LogP contribution in [0.4, 0.5) is 5.82 Å². The van der Waals surface area contributed by atoms with Gasteiger partial charge in [0.15, 0.2) is 0 Å². The van der Waals surface area contributed by atoms with Gasteiger partial charge in [-0.25, -0.2) is 9.97 Å². The molecule has 2 heterocycles. The molecule has 0 saturated heterocycles. The first kappa shape index (κ1) is 11.6. The van der Waals surface area contributed by atoms with Crippen molar-refractivity contribution in [2.75, 3.05) is 5.32 Å². The highest BCUT2D eigenvalue weighted by atomic mass is 15.2. The Labute approximate surface area is 101 Å². The zero-order valence-electron chi connectivity index (χ0n) is 10.4. The van der Waals surface area contributed by atoms with Crippen molar-refractivity contribution in [3.8, 4) is 0 Å². The molecule has 0 amide bonds. The van der Waals surface area contributed by atoms with Crippen LogP contribution >= 0.6 is 0 Å². The molecule has 0 fully saturated rings. The maximum atomic E-state index is 4.44. The summed E-state index contributed by atoms with van der Waals surface area (Å²) >= 11 is 0. The van der Waals surface area contributed by atoms with Crippen molar-refractivity contribution >= 4 is 5.82 Å². The van der Waals surface area contributed by atoms with E-state index in [0.29, 0.717) is 5.92 Å². The molecular formula is C12H17N5. The first-order valence-corrected chi connectivity index (χ1v) is 5.69. The molecule has 1 N–H and O–H groups in total. The lowest BCUT2D eigenvalue weighted by molar-refractivity contribution is 0.766. The molecular weight excluding hydrogens is 214 g/mol. The Morgan fingerprint density at radius 3 is 2.88 bits per heavy atom. The molecule has 0 aromatic carbocycles. The summed E-state index contributed by atoms with van der Waals surface area (Å²) in [6.07, 6.45) is 5.61. The van der Waals surface area contributed by atoms with Crippen LogP contribution in [0.1, 0.15) is 31.2 Å². The van der Waals surface area contributed by atoms with Gasteiger partial charge in [-0.05, 0) is 6.07 Å². The highest BCUT2D eigenvalue weighted by Gasteiger charge is 2.03. The zero-order chi connectivity index (χ0) is 12.3. The lowest BCUT2D eigenvalue weighted by Crippen LogP contribution is -2.04. The van der Waals surface area contributed by atoms with Gasteiger partial charge < -0.3 is 5.32 Å². The van der Waals surface area contributed by atoms with Crippen LogP contribution in [0.3, 0.4) is 0 Å². The molecule has 5 nitrogen and oxygen atoms in total. The monoisotopic (exact) mass is 231 g/mol. The second kappa shape index (κ2) is 4.95. The third-order valence-electron chi connectivity index (χ3n) is 2.42. The molecule has 0 aliphatic heterocycles. The zero-order valence-corrected chi connectivity index (χ0v) is 10.4. The van der Waals surface area contributed by atoms with Crippen LogP contribution < -0.4 is 5.32 Å². The van der Waals surface area contributed by atoms with Crippen LogP contribution in [0.2, 0.25) is 0 Å². The van der Waals surface area contributed by atoms with Crippen LogP contribution in [-0.4, -0.2) is 19.7 Å². The molecule has 0 atom stereocenters. The Morgan fingerprint density at radius 2 is 2.24 bits per heavy atom. The predicted molar refractivity (Wildman–Crippen MR) is 66.7 cm³/mol. The van der Waals surface area contributed by atoms with Crippen molar-refractivity contribution < 1.29 is 0 Å². The molecule has 2 aromatic rings. The number of rotatable bonds is 4. The van der Waals surface area contributed by atoms with Gasteiger partial charge in [-0.1, -0.05) is 13.8 Å². The van der Waals surface area contributed by atoms with Gasteiger partial charge in [0.25, 0.3) is 0 Å². The largest absolute Gasteiger partial charge is 0.366 e. The summed E-state index contributed by atoms with van der Waals surface area (Å²) in [6.45, 7) is 4.89. The lowest BCUT2D eigenvalue weighted by Gasteiger charge is -2.07. The lowest BCUT2D eigenvalue weighted by atomic mass is 10.2. The molecule has 2 rings (SSSR count). The summed E-state index contributed by atoms with van der Waals surface area (Å²) in [6, 6.07) is 1.88. The topological polar surface area (TPSA) is 55.6 Å². The third kappa shape index (κ3) is 3.03. The highest BCUT2D eigenvalue weighted by Crippen LogP contribution is 2.11. The van der Waals surface area contributed by atoms with Crippen molar-refractivity contribution in [2.45, 2.75) is 26.3 Å². The van der Waals surface area contributed by atoms with Gasteiger partial charge in [-0.15, -0.1) is 0 Å². The van der Waals surface area contributed by atoms with Crippen LogP contribution in [-0.2, 0) is 13.6 Å². The highest BCUT2D eigenvalue weighted by molar-refractivity contribution is 5.34. The van der Waals surface area contributed by atoms with Crippen molar-refractivity contribution in [3.63, 3.8) is 0 Å². The van der Waals surface area contributed by atoms with Crippen LogP contribution in [0.25, 0.3) is 0 Å². The Morgan fingerprint density at radius 1 is 1.41 bits per heavy atom. The van der Waals surface area contributed by atoms with E-state index in [0.717, 1.165) is 23.8 Å². The minimum absolute atomic E-state index is 0.343. The summed E-state index contributed by atoms with van der Waals surface area (Å²) in [5.74, 6) is 2.06. The quantitative estimate of drug-likeness (QED) is 0.873. The summed E-state index contributed by atoms with van der Waals surface area (Å²) < 4.78 is 1.79. The van der Waals surface area contributed by atoms with E-state index in [-0.39, 0.29) is 0 Å². The number of nitrogens with one attached hydrogen (secondary N) is 1. The minimum atomic E-state index is 0.343. The van der Waals surface area contributed by atoms with Gasteiger partial charge in [0.1, 0.15) is 11.6 Å². The summed E-state index contributed by atoms with van der Waals surface area (Å²) in [4.78, 5) is 8.68.